The van der Waals surface area contributed by atoms with Gasteiger partial charge in [-0.05, 0) is 61.7 Å². The van der Waals surface area contributed by atoms with Crippen molar-refractivity contribution in [2.24, 2.45) is 0 Å². The summed E-state index contributed by atoms with van der Waals surface area (Å²) in [5.41, 5.74) is 1.74. The summed E-state index contributed by atoms with van der Waals surface area (Å²) < 4.78 is 40.0. The average molecular weight is 623 g/mol. The lowest BCUT2D eigenvalue weighted by Gasteiger charge is -2.32. The van der Waals surface area contributed by atoms with E-state index < -0.39 is 21.9 Å². The van der Waals surface area contributed by atoms with E-state index >= 15 is 0 Å². The Balaban J connectivity index is 1.89. The third kappa shape index (κ3) is 9.73. The van der Waals surface area contributed by atoms with Gasteiger partial charge in [-0.1, -0.05) is 65.7 Å². The van der Waals surface area contributed by atoms with Crippen molar-refractivity contribution in [2.45, 2.75) is 51.7 Å². The van der Waals surface area contributed by atoms with Crippen LogP contribution in [0.15, 0.2) is 72.8 Å². The number of rotatable bonds is 13. The van der Waals surface area contributed by atoms with E-state index in [1.165, 1.54) is 29.2 Å². The molecule has 1 N–H and O–H groups in total. The van der Waals surface area contributed by atoms with Gasteiger partial charge in [0.2, 0.25) is 21.8 Å². The Morgan fingerprint density at radius 1 is 0.951 bits per heavy atom. The van der Waals surface area contributed by atoms with E-state index in [9.17, 15) is 22.4 Å². The van der Waals surface area contributed by atoms with E-state index in [0.29, 0.717) is 10.6 Å². The molecule has 0 aliphatic rings. The van der Waals surface area contributed by atoms with Crippen LogP contribution in [0.3, 0.4) is 0 Å². The molecule has 3 rings (SSSR count). The summed E-state index contributed by atoms with van der Waals surface area (Å²) >= 11 is 12.4. The lowest BCUT2D eigenvalue weighted by atomic mass is 10.0. The highest BCUT2D eigenvalue weighted by Gasteiger charge is 2.31. The Kier molecular flexibility index (Phi) is 11.6. The number of halogens is 3. The number of sulfonamides is 1. The van der Waals surface area contributed by atoms with Gasteiger partial charge in [0.15, 0.2) is 0 Å². The second-order valence-corrected chi connectivity index (χ2v) is 12.8. The molecular formula is C30H34Cl2FN3O4S. The van der Waals surface area contributed by atoms with Gasteiger partial charge in [-0.2, -0.15) is 0 Å². The molecule has 3 aromatic carbocycles. The molecule has 3 aromatic rings. The molecule has 0 spiro atoms. The Labute approximate surface area is 251 Å². The minimum Gasteiger partial charge on any atom is -0.352 e. The van der Waals surface area contributed by atoms with Crippen molar-refractivity contribution < 1.29 is 22.4 Å². The van der Waals surface area contributed by atoms with Crippen molar-refractivity contribution in [3.63, 3.8) is 0 Å². The molecule has 0 radical (unpaired) electrons. The minimum absolute atomic E-state index is 0.0312. The number of nitrogens with one attached hydrogen (secondary N) is 1. The smallest absolute Gasteiger partial charge is 0.243 e. The second-order valence-electron chi connectivity index (χ2n) is 10.1. The fourth-order valence-corrected chi connectivity index (χ4v) is 5.79. The Bertz CT molecular complexity index is 1440. The summed E-state index contributed by atoms with van der Waals surface area (Å²) in [5, 5.41) is 3.44. The first-order valence-corrected chi connectivity index (χ1v) is 15.8. The van der Waals surface area contributed by atoms with Crippen LogP contribution in [0.2, 0.25) is 10.0 Å². The number of nitrogens with zero attached hydrogens (tertiary/aromatic N) is 2. The third-order valence-electron chi connectivity index (χ3n) is 6.30. The molecule has 0 heterocycles. The zero-order valence-corrected chi connectivity index (χ0v) is 25.5. The van der Waals surface area contributed by atoms with Gasteiger partial charge in [-0.3, -0.25) is 13.9 Å². The van der Waals surface area contributed by atoms with Gasteiger partial charge in [0.05, 0.1) is 17.0 Å². The predicted octanol–water partition coefficient (Wildman–Crippen LogP) is 5.84. The van der Waals surface area contributed by atoms with Crippen molar-refractivity contribution in [3.8, 4) is 0 Å². The Morgan fingerprint density at radius 2 is 1.61 bits per heavy atom. The highest BCUT2D eigenvalue weighted by Crippen LogP contribution is 2.31. The van der Waals surface area contributed by atoms with E-state index in [4.69, 9.17) is 23.2 Å². The van der Waals surface area contributed by atoms with Crippen LogP contribution >= 0.6 is 23.2 Å². The number of amides is 2. The highest BCUT2D eigenvalue weighted by molar-refractivity contribution is 7.92. The third-order valence-corrected chi connectivity index (χ3v) is 8.03. The van der Waals surface area contributed by atoms with Gasteiger partial charge in [0.25, 0.3) is 0 Å². The fourth-order valence-electron chi connectivity index (χ4n) is 4.38. The molecule has 0 unspecified atom stereocenters. The molecule has 0 aliphatic carbocycles. The highest BCUT2D eigenvalue weighted by atomic mass is 35.5. The number of benzene rings is 3. The van der Waals surface area contributed by atoms with Gasteiger partial charge in [-0.25, -0.2) is 12.8 Å². The number of hydrogen-bond acceptors (Lipinski definition) is 4. The van der Waals surface area contributed by atoms with Crippen molar-refractivity contribution in [1.29, 1.82) is 0 Å². The van der Waals surface area contributed by atoms with Crippen molar-refractivity contribution in [1.82, 2.24) is 10.2 Å². The summed E-state index contributed by atoms with van der Waals surface area (Å²) in [6, 6.07) is 18.6. The van der Waals surface area contributed by atoms with Crippen LogP contribution in [0.5, 0.6) is 0 Å². The maximum atomic E-state index is 13.8. The van der Waals surface area contributed by atoms with Crippen LogP contribution < -0.4 is 9.62 Å². The number of carbonyl (C=O) groups excluding carboxylic acids is 2. The van der Waals surface area contributed by atoms with Crippen molar-refractivity contribution in [3.05, 3.63) is 99.8 Å². The van der Waals surface area contributed by atoms with Crippen LogP contribution in [-0.2, 0) is 32.6 Å². The van der Waals surface area contributed by atoms with Crippen LogP contribution in [-0.4, -0.2) is 50.0 Å². The van der Waals surface area contributed by atoms with Gasteiger partial charge < -0.3 is 10.2 Å². The Hall–Kier alpha value is -3.14. The molecule has 0 aromatic heterocycles. The lowest BCUT2D eigenvalue weighted by Crippen LogP contribution is -2.51. The zero-order chi connectivity index (χ0) is 30.2. The first-order chi connectivity index (χ1) is 19.3. The zero-order valence-electron chi connectivity index (χ0n) is 23.2. The largest absolute Gasteiger partial charge is 0.352 e. The molecule has 0 aliphatic heterocycles. The quantitative estimate of drug-likeness (QED) is 0.260. The Morgan fingerprint density at radius 3 is 2.22 bits per heavy atom. The molecule has 0 bridgehead atoms. The summed E-state index contributed by atoms with van der Waals surface area (Å²) in [6.45, 7) is 3.71. The number of carbonyl (C=O) groups is 2. The topological polar surface area (TPSA) is 86.8 Å². The molecule has 2 amide bonds. The van der Waals surface area contributed by atoms with Crippen LogP contribution in [0.25, 0.3) is 0 Å². The summed E-state index contributed by atoms with van der Waals surface area (Å²) in [5.74, 6) is -1.08. The van der Waals surface area contributed by atoms with Gasteiger partial charge >= 0.3 is 0 Å². The van der Waals surface area contributed by atoms with E-state index in [0.717, 1.165) is 16.1 Å². The molecule has 7 nitrogen and oxygen atoms in total. The van der Waals surface area contributed by atoms with Gasteiger partial charge in [0, 0.05) is 37.0 Å². The molecule has 220 valence electrons. The van der Waals surface area contributed by atoms with Crippen molar-refractivity contribution in [2.75, 3.05) is 17.1 Å². The van der Waals surface area contributed by atoms with Gasteiger partial charge in [0.1, 0.15) is 11.9 Å². The van der Waals surface area contributed by atoms with Crippen LogP contribution in [0, 0.1) is 5.82 Å². The molecule has 41 heavy (non-hydrogen) atoms. The second kappa shape index (κ2) is 14.7. The van der Waals surface area contributed by atoms with Crippen LogP contribution in [0.4, 0.5) is 10.1 Å². The van der Waals surface area contributed by atoms with Gasteiger partial charge in [-0.15, -0.1) is 0 Å². The van der Waals surface area contributed by atoms with E-state index in [2.05, 4.69) is 5.32 Å². The summed E-state index contributed by atoms with van der Waals surface area (Å²) in [6.07, 6.45) is 1.42. The van der Waals surface area contributed by atoms with E-state index in [1.54, 1.807) is 18.2 Å². The number of anilines is 1. The SMILES string of the molecule is CC(C)NC(=O)[C@@H](Cc1ccccc1)N(Cc1ccc(F)cc1)C(=O)CCCN(c1cc(Cl)ccc1Cl)S(C)(=O)=O. The monoisotopic (exact) mass is 621 g/mol. The standard InChI is InChI=1S/C30H34Cl2FN3O4S/c1-21(2)34-30(38)28(18-22-8-5-4-6-9-22)35(20-23-11-14-25(33)15-12-23)29(37)10-7-17-36(41(3,39)40)27-19-24(31)13-16-26(27)32/h4-6,8-9,11-16,19,21,28H,7,10,17-18,20H2,1-3H3,(H,34,38)/t28-/m1/s1. The number of hydrogen-bond donors (Lipinski definition) is 1. The molecule has 1 atom stereocenters. The first kappa shape index (κ1) is 32.4. The molecule has 11 heteroatoms. The fraction of sp³-hybridized carbons (Fsp3) is 0.333. The van der Waals surface area contributed by atoms with Crippen LogP contribution in [0.1, 0.15) is 37.8 Å². The molecule has 0 saturated carbocycles. The average Bonchev–Trinajstić information content (AvgIpc) is 2.90. The lowest BCUT2D eigenvalue weighted by molar-refractivity contribution is -0.141. The minimum atomic E-state index is -3.75. The predicted molar refractivity (Wildman–Crippen MR) is 162 cm³/mol. The molecular weight excluding hydrogens is 588 g/mol. The maximum absolute atomic E-state index is 13.8. The van der Waals surface area contributed by atoms with E-state index in [1.807, 2.05) is 44.2 Å². The molecule has 0 saturated heterocycles. The van der Waals surface area contributed by atoms with Crippen molar-refractivity contribution >= 4 is 50.7 Å². The first-order valence-electron chi connectivity index (χ1n) is 13.2. The van der Waals surface area contributed by atoms with E-state index in [-0.39, 0.29) is 60.9 Å². The summed E-state index contributed by atoms with van der Waals surface area (Å²) in [4.78, 5) is 28.7. The molecule has 0 fully saturated rings. The maximum Gasteiger partial charge on any atom is 0.243 e. The normalized spacial score (nSPS) is 12.2. The summed E-state index contributed by atoms with van der Waals surface area (Å²) in [7, 11) is -3.75.